The number of carbonyl (C=O) groups is 4. The highest BCUT2D eigenvalue weighted by Crippen LogP contribution is 2.22. The Kier molecular flexibility index (Phi) is 12.8. The van der Waals surface area contributed by atoms with Crippen molar-refractivity contribution in [1.29, 1.82) is 0 Å². The van der Waals surface area contributed by atoms with Crippen LogP contribution >= 0.6 is 0 Å². The van der Waals surface area contributed by atoms with E-state index in [1.54, 1.807) is 0 Å². The molecule has 11 nitrogen and oxygen atoms in total. The van der Waals surface area contributed by atoms with Crippen LogP contribution in [0.5, 0.6) is 0 Å². The van der Waals surface area contributed by atoms with Crippen LogP contribution in [0.15, 0.2) is 0 Å². The van der Waals surface area contributed by atoms with Gasteiger partial charge in [-0.25, -0.2) is 0 Å². The van der Waals surface area contributed by atoms with E-state index in [1.807, 2.05) is 0 Å². The highest BCUT2D eigenvalue weighted by Gasteiger charge is 2.44. The first-order chi connectivity index (χ1) is 13.6. The number of hydrogen-bond donors (Lipinski definition) is 0. The summed E-state index contributed by atoms with van der Waals surface area (Å²) in [5.74, 6) is -2.47. The Balaban J connectivity index is 5.93. The molecular weight excluding hydrogens is 392 g/mol. The lowest BCUT2D eigenvalue weighted by Crippen LogP contribution is -2.56. The number of carbonyl (C=O) groups excluding carboxylic acids is 4. The molecule has 0 saturated heterocycles. The third-order valence-corrected chi connectivity index (χ3v) is 3.76. The Hall–Kier alpha value is -2.24. The first-order valence-corrected chi connectivity index (χ1v) is 8.76. The summed E-state index contributed by atoms with van der Waals surface area (Å²) in [6, 6.07) is 0. The van der Waals surface area contributed by atoms with Gasteiger partial charge in [0.1, 0.15) is 31.5 Å². The lowest BCUT2D eigenvalue weighted by molar-refractivity contribution is -0.205. The third-order valence-electron chi connectivity index (χ3n) is 3.76. The molecule has 0 fully saturated rings. The number of rotatable bonds is 13. The van der Waals surface area contributed by atoms with Gasteiger partial charge in [-0.2, -0.15) is 0 Å². The minimum Gasteiger partial charge on any atom is -0.463 e. The molecule has 0 aliphatic carbocycles. The van der Waals surface area contributed by atoms with Gasteiger partial charge in [-0.15, -0.1) is 0 Å². The van der Waals surface area contributed by atoms with E-state index in [1.165, 1.54) is 49.0 Å². The van der Waals surface area contributed by atoms with Crippen LogP contribution in [0.4, 0.5) is 0 Å². The van der Waals surface area contributed by atoms with E-state index in [0.717, 1.165) is 0 Å². The summed E-state index contributed by atoms with van der Waals surface area (Å²) in [4.78, 5) is 45.7. The summed E-state index contributed by atoms with van der Waals surface area (Å²) in [7, 11) is 3.95. The zero-order valence-corrected chi connectivity index (χ0v) is 17.8. The lowest BCUT2D eigenvalue weighted by atomic mass is 9.98. The molecule has 0 aromatic heterocycles. The Morgan fingerprint density at radius 1 is 0.552 bits per heavy atom. The molecule has 0 aliphatic heterocycles. The van der Waals surface area contributed by atoms with Gasteiger partial charge in [0.15, 0.2) is 12.2 Å². The minimum atomic E-state index is -1.15. The summed E-state index contributed by atoms with van der Waals surface area (Å²) in [5, 5.41) is 0. The van der Waals surface area contributed by atoms with Crippen LogP contribution in [0.3, 0.4) is 0 Å². The lowest BCUT2D eigenvalue weighted by Gasteiger charge is -2.37. The van der Waals surface area contributed by atoms with Crippen molar-refractivity contribution >= 4 is 23.9 Å². The summed E-state index contributed by atoms with van der Waals surface area (Å²) in [6.45, 7) is 4.26. The summed E-state index contributed by atoms with van der Waals surface area (Å²) < 4.78 is 36.7. The van der Waals surface area contributed by atoms with Crippen molar-refractivity contribution in [3.05, 3.63) is 0 Å². The van der Waals surface area contributed by atoms with E-state index in [2.05, 4.69) is 0 Å². The van der Waals surface area contributed by atoms with E-state index in [0.29, 0.717) is 0 Å². The molecule has 0 amide bonds. The molecule has 0 heterocycles. The van der Waals surface area contributed by atoms with Crippen LogP contribution in [0.1, 0.15) is 27.7 Å². The van der Waals surface area contributed by atoms with E-state index >= 15 is 0 Å². The molecule has 0 rings (SSSR count). The smallest absolute Gasteiger partial charge is 0.303 e. The van der Waals surface area contributed by atoms with Crippen molar-refractivity contribution in [3.8, 4) is 0 Å². The Morgan fingerprint density at radius 2 is 0.897 bits per heavy atom. The molecule has 0 aromatic carbocycles. The largest absolute Gasteiger partial charge is 0.463 e. The van der Waals surface area contributed by atoms with Crippen molar-refractivity contribution in [2.45, 2.75) is 58.2 Å². The minimum absolute atomic E-state index is 0.252. The van der Waals surface area contributed by atoms with E-state index in [-0.39, 0.29) is 13.2 Å². The Bertz CT molecular complexity index is 502. The van der Waals surface area contributed by atoms with Gasteiger partial charge in [0, 0.05) is 49.0 Å². The topological polar surface area (TPSA) is 133 Å². The summed E-state index contributed by atoms with van der Waals surface area (Å²) in [6.07, 6.45) is -5.31. The van der Waals surface area contributed by atoms with Gasteiger partial charge in [0.2, 0.25) is 0 Å². The molecular formula is C18H30O11. The van der Waals surface area contributed by atoms with Gasteiger partial charge in [0.25, 0.3) is 0 Å². The fraction of sp³-hybridized carbons (Fsp3) is 0.778. The normalized spacial score (nSPS) is 16.0. The maximum Gasteiger partial charge on any atom is 0.303 e. The molecule has 29 heavy (non-hydrogen) atoms. The van der Waals surface area contributed by atoms with Crippen LogP contribution in [0, 0.1) is 0 Å². The van der Waals surface area contributed by atoms with Crippen molar-refractivity contribution in [2.75, 3.05) is 34.5 Å². The molecule has 0 aliphatic rings. The number of hydrogen-bond acceptors (Lipinski definition) is 11. The highest BCUT2D eigenvalue weighted by atomic mass is 16.6. The molecule has 168 valence electrons. The first kappa shape index (κ1) is 26.8. The third kappa shape index (κ3) is 10.2. The molecule has 0 aromatic rings. The van der Waals surface area contributed by atoms with Gasteiger partial charge < -0.3 is 33.2 Å². The fourth-order valence-electron chi connectivity index (χ4n) is 2.54. The van der Waals surface area contributed by atoms with Crippen LogP contribution in [-0.2, 0) is 52.3 Å². The maximum absolute atomic E-state index is 11.7. The second kappa shape index (κ2) is 13.9. The first-order valence-electron chi connectivity index (χ1n) is 8.76. The second-order valence-corrected chi connectivity index (χ2v) is 6.00. The molecule has 0 bridgehead atoms. The van der Waals surface area contributed by atoms with E-state index < -0.39 is 54.4 Å². The van der Waals surface area contributed by atoms with Crippen molar-refractivity contribution < 1.29 is 52.3 Å². The standard InChI is InChI=1S/C18H30O11/c1-10(19)26-8-14(23-5)16(28-12(3)21)18(25-7)17(29-13(4)22)15(24-6)9-27-11(2)20/h14-18H,8-9H2,1-7H3. The predicted molar refractivity (Wildman–Crippen MR) is 96.8 cm³/mol. The second-order valence-electron chi connectivity index (χ2n) is 6.00. The van der Waals surface area contributed by atoms with Gasteiger partial charge >= 0.3 is 23.9 Å². The predicted octanol–water partition coefficient (Wildman–Crippen LogP) is 0.0210. The van der Waals surface area contributed by atoms with Gasteiger partial charge in [0.05, 0.1) is 0 Å². The Morgan fingerprint density at radius 3 is 1.10 bits per heavy atom. The van der Waals surface area contributed by atoms with Crippen LogP contribution in [0.25, 0.3) is 0 Å². The molecule has 4 unspecified atom stereocenters. The highest BCUT2D eigenvalue weighted by molar-refractivity contribution is 5.67. The fourth-order valence-corrected chi connectivity index (χ4v) is 2.54. The number of ether oxygens (including phenoxy) is 7. The van der Waals surface area contributed by atoms with Gasteiger partial charge in [-0.1, -0.05) is 0 Å². The zero-order chi connectivity index (χ0) is 22.6. The van der Waals surface area contributed by atoms with Gasteiger partial charge in [-0.3, -0.25) is 19.2 Å². The van der Waals surface area contributed by atoms with Crippen LogP contribution in [0.2, 0.25) is 0 Å². The quantitative estimate of drug-likeness (QED) is 0.294. The molecule has 0 radical (unpaired) electrons. The van der Waals surface area contributed by atoms with E-state index in [4.69, 9.17) is 33.2 Å². The average Bonchev–Trinajstić information content (AvgIpc) is 2.61. The summed E-state index contributed by atoms with van der Waals surface area (Å²) >= 11 is 0. The van der Waals surface area contributed by atoms with E-state index in [9.17, 15) is 19.2 Å². The SMILES string of the molecule is COC(COC(C)=O)C(OC(C)=O)C(OC)C(OC(C)=O)C(COC(C)=O)OC. The van der Waals surface area contributed by atoms with Gasteiger partial charge in [-0.05, 0) is 0 Å². The van der Waals surface area contributed by atoms with Crippen molar-refractivity contribution in [1.82, 2.24) is 0 Å². The average molecular weight is 422 g/mol. The molecule has 0 N–H and O–H groups in total. The number of esters is 4. The number of methoxy groups -OCH3 is 3. The molecule has 4 atom stereocenters. The summed E-state index contributed by atoms with van der Waals surface area (Å²) in [5.41, 5.74) is 0. The zero-order valence-electron chi connectivity index (χ0n) is 17.8. The van der Waals surface area contributed by atoms with Crippen LogP contribution < -0.4 is 0 Å². The monoisotopic (exact) mass is 422 g/mol. The molecule has 11 heteroatoms. The van der Waals surface area contributed by atoms with Crippen molar-refractivity contribution in [2.24, 2.45) is 0 Å². The maximum atomic E-state index is 11.7. The molecule has 0 spiro atoms. The molecule has 0 saturated carbocycles. The van der Waals surface area contributed by atoms with Crippen molar-refractivity contribution in [3.63, 3.8) is 0 Å². The Labute approximate surface area is 169 Å². The van der Waals surface area contributed by atoms with Crippen LogP contribution in [-0.4, -0.2) is 88.9 Å².